The van der Waals surface area contributed by atoms with Gasteiger partial charge in [0.05, 0.1) is 23.2 Å². The Morgan fingerprint density at radius 1 is 0.806 bits per heavy atom. The highest BCUT2D eigenvalue weighted by atomic mass is 16.3. The molecule has 1 aliphatic heterocycles. The number of oxazole rings is 1. The van der Waals surface area contributed by atoms with E-state index in [2.05, 4.69) is 106 Å². The van der Waals surface area contributed by atoms with Crippen molar-refractivity contribution in [3.63, 3.8) is 0 Å². The van der Waals surface area contributed by atoms with Crippen LogP contribution in [-0.2, 0) is 5.41 Å². The van der Waals surface area contributed by atoms with Crippen molar-refractivity contribution in [3.05, 3.63) is 127 Å². The van der Waals surface area contributed by atoms with E-state index in [9.17, 15) is 0 Å². The lowest BCUT2D eigenvalue weighted by molar-refractivity contribution is 0.355. The van der Waals surface area contributed by atoms with Gasteiger partial charge in [-0.05, 0) is 43.0 Å². The second-order valence-electron chi connectivity index (χ2n) is 9.53. The summed E-state index contributed by atoms with van der Waals surface area (Å²) in [7, 11) is 0. The van der Waals surface area contributed by atoms with Crippen molar-refractivity contribution < 1.29 is 4.42 Å². The van der Waals surface area contributed by atoms with Crippen molar-refractivity contribution in [2.75, 3.05) is 18.0 Å². The molecule has 5 nitrogen and oxygen atoms in total. The summed E-state index contributed by atoms with van der Waals surface area (Å²) in [5.41, 5.74) is 4.66. The van der Waals surface area contributed by atoms with Gasteiger partial charge >= 0.3 is 0 Å². The predicted molar refractivity (Wildman–Crippen MR) is 143 cm³/mol. The fraction of sp³-hybridized carbons (Fsp3) is 0.226. The smallest absolute Gasteiger partial charge is 0.227 e. The van der Waals surface area contributed by atoms with E-state index in [0.29, 0.717) is 5.89 Å². The topological polar surface area (TPSA) is 47.1 Å². The lowest BCUT2D eigenvalue weighted by Gasteiger charge is -2.43. The first-order valence-corrected chi connectivity index (χ1v) is 12.6. The first-order chi connectivity index (χ1) is 17.8. The Labute approximate surface area is 212 Å². The van der Waals surface area contributed by atoms with E-state index in [4.69, 9.17) is 9.40 Å². The van der Waals surface area contributed by atoms with Gasteiger partial charge in [0.1, 0.15) is 12.1 Å². The van der Waals surface area contributed by atoms with Crippen molar-refractivity contribution in [3.8, 4) is 11.5 Å². The molecular formula is C31H30N4O. The van der Waals surface area contributed by atoms with Crippen LogP contribution in [0.4, 0.5) is 5.69 Å². The SMILES string of the molecule is CC(c1ccccc1)n1ccnc1C1(c2ccccc2)CCN(c2ccccc2-c2ncco2)CC1. The van der Waals surface area contributed by atoms with Crippen LogP contribution in [0.15, 0.2) is 114 Å². The van der Waals surface area contributed by atoms with Gasteiger partial charge < -0.3 is 13.9 Å². The largest absolute Gasteiger partial charge is 0.444 e. The number of imidazole rings is 1. The highest BCUT2D eigenvalue weighted by molar-refractivity contribution is 5.73. The Morgan fingerprint density at radius 3 is 2.22 bits per heavy atom. The zero-order valence-electron chi connectivity index (χ0n) is 20.5. The fourth-order valence-electron chi connectivity index (χ4n) is 5.70. The Balaban J connectivity index is 1.37. The van der Waals surface area contributed by atoms with E-state index in [0.717, 1.165) is 37.3 Å². The number of rotatable bonds is 6. The van der Waals surface area contributed by atoms with Crippen LogP contribution in [0.2, 0.25) is 0 Å². The summed E-state index contributed by atoms with van der Waals surface area (Å²) in [6.07, 6.45) is 9.38. The van der Waals surface area contributed by atoms with E-state index in [1.54, 1.807) is 12.5 Å². The average molecular weight is 475 g/mol. The van der Waals surface area contributed by atoms with Crippen LogP contribution in [0.25, 0.3) is 11.5 Å². The summed E-state index contributed by atoms with van der Waals surface area (Å²) < 4.78 is 8.03. The number of piperidine rings is 1. The standard InChI is InChI=1S/C31H30N4O/c1-24(25-10-4-2-5-11-25)35-22-18-33-30(35)31(26-12-6-3-7-13-26)16-20-34(21-17-31)28-15-9-8-14-27(28)29-32-19-23-36-29/h2-15,18-19,22-24H,16-17,20-21H2,1H3. The molecule has 0 bridgehead atoms. The zero-order valence-corrected chi connectivity index (χ0v) is 20.5. The van der Waals surface area contributed by atoms with Crippen molar-refractivity contribution in [2.45, 2.75) is 31.2 Å². The molecule has 2 aromatic heterocycles. The Morgan fingerprint density at radius 2 is 1.50 bits per heavy atom. The van der Waals surface area contributed by atoms with E-state index >= 15 is 0 Å². The summed E-state index contributed by atoms with van der Waals surface area (Å²) in [6, 6.07) is 30.2. The van der Waals surface area contributed by atoms with E-state index < -0.39 is 0 Å². The minimum atomic E-state index is -0.165. The molecule has 6 rings (SSSR count). The Kier molecular flexibility index (Phi) is 5.90. The third-order valence-corrected chi connectivity index (χ3v) is 7.65. The molecule has 0 saturated carbocycles. The van der Waals surface area contributed by atoms with Crippen LogP contribution < -0.4 is 4.90 Å². The molecule has 1 aliphatic rings. The molecule has 180 valence electrons. The highest BCUT2D eigenvalue weighted by Crippen LogP contribution is 2.44. The van der Waals surface area contributed by atoms with Gasteiger partial charge in [-0.15, -0.1) is 0 Å². The normalized spacial score (nSPS) is 16.1. The molecule has 5 heteroatoms. The summed E-state index contributed by atoms with van der Waals surface area (Å²) in [4.78, 5) is 11.9. The minimum absolute atomic E-state index is 0.165. The van der Waals surface area contributed by atoms with E-state index in [-0.39, 0.29) is 11.5 Å². The van der Waals surface area contributed by atoms with Gasteiger partial charge in [-0.2, -0.15) is 0 Å². The molecule has 1 unspecified atom stereocenters. The molecule has 1 fully saturated rings. The monoisotopic (exact) mass is 474 g/mol. The fourth-order valence-corrected chi connectivity index (χ4v) is 5.70. The van der Waals surface area contributed by atoms with Crippen molar-refractivity contribution in [1.29, 1.82) is 0 Å². The molecule has 1 atom stereocenters. The van der Waals surface area contributed by atoms with Crippen molar-refractivity contribution in [1.82, 2.24) is 14.5 Å². The molecule has 36 heavy (non-hydrogen) atoms. The van der Waals surface area contributed by atoms with Gasteiger partial charge in [0.2, 0.25) is 5.89 Å². The number of nitrogens with zero attached hydrogens (tertiary/aromatic N) is 4. The highest BCUT2D eigenvalue weighted by Gasteiger charge is 2.42. The van der Waals surface area contributed by atoms with E-state index in [1.807, 2.05) is 12.3 Å². The first-order valence-electron chi connectivity index (χ1n) is 12.6. The molecule has 0 aliphatic carbocycles. The van der Waals surface area contributed by atoms with Crippen LogP contribution >= 0.6 is 0 Å². The van der Waals surface area contributed by atoms with Gasteiger partial charge in [0.15, 0.2) is 0 Å². The average Bonchev–Trinajstić information content (AvgIpc) is 3.67. The van der Waals surface area contributed by atoms with E-state index in [1.165, 1.54) is 16.8 Å². The number of hydrogen-bond acceptors (Lipinski definition) is 4. The van der Waals surface area contributed by atoms with Crippen LogP contribution in [0.1, 0.15) is 42.8 Å². The third-order valence-electron chi connectivity index (χ3n) is 7.65. The molecular weight excluding hydrogens is 444 g/mol. The van der Waals surface area contributed by atoms with Gasteiger partial charge in [-0.25, -0.2) is 9.97 Å². The summed E-state index contributed by atoms with van der Waals surface area (Å²) in [5.74, 6) is 1.81. The van der Waals surface area contributed by atoms with Crippen molar-refractivity contribution >= 4 is 5.69 Å². The second-order valence-corrected chi connectivity index (χ2v) is 9.53. The number of benzene rings is 3. The molecule has 0 N–H and O–H groups in total. The number of aromatic nitrogens is 3. The maximum atomic E-state index is 5.65. The third kappa shape index (κ3) is 3.91. The van der Waals surface area contributed by atoms with Gasteiger partial charge in [0, 0.05) is 31.2 Å². The van der Waals surface area contributed by atoms with Gasteiger partial charge in [-0.3, -0.25) is 0 Å². The molecule has 3 aromatic carbocycles. The molecule has 0 radical (unpaired) electrons. The van der Waals surface area contributed by atoms with Gasteiger partial charge in [-0.1, -0.05) is 72.8 Å². The summed E-state index contributed by atoms with van der Waals surface area (Å²) in [5, 5.41) is 0. The lowest BCUT2D eigenvalue weighted by Crippen LogP contribution is -2.45. The first kappa shape index (κ1) is 22.4. The molecule has 0 amide bonds. The van der Waals surface area contributed by atoms with Crippen LogP contribution in [0.5, 0.6) is 0 Å². The summed E-state index contributed by atoms with van der Waals surface area (Å²) >= 11 is 0. The molecule has 1 saturated heterocycles. The number of para-hydroxylation sites is 1. The second kappa shape index (κ2) is 9.50. The Bertz CT molecular complexity index is 1400. The number of hydrogen-bond donors (Lipinski definition) is 0. The maximum Gasteiger partial charge on any atom is 0.227 e. The minimum Gasteiger partial charge on any atom is -0.444 e. The quantitative estimate of drug-likeness (QED) is 0.274. The zero-order chi connectivity index (χ0) is 24.4. The number of anilines is 1. The summed E-state index contributed by atoms with van der Waals surface area (Å²) in [6.45, 7) is 4.10. The van der Waals surface area contributed by atoms with Crippen LogP contribution in [0.3, 0.4) is 0 Å². The van der Waals surface area contributed by atoms with Gasteiger partial charge in [0.25, 0.3) is 0 Å². The Hall–Kier alpha value is -4.12. The predicted octanol–water partition coefficient (Wildman–Crippen LogP) is 6.73. The van der Waals surface area contributed by atoms with Crippen LogP contribution in [0, 0.1) is 0 Å². The van der Waals surface area contributed by atoms with Crippen LogP contribution in [-0.4, -0.2) is 27.6 Å². The maximum absolute atomic E-state index is 5.65. The molecule has 3 heterocycles. The van der Waals surface area contributed by atoms with Crippen molar-refractivity contribution in [2.24, 2.45) is 0 Å². The lowest BCUT2D eigenvalue weighted by atomic mass is 9.71. The molecule has 0 spiro atoms. The molecule has 5 aromatic rings.